The monoisotopic (exact) mass is 527 g/mol. The number of methoxy groups -OCH3 is 1. The minimum absolute atomic E-state index is 0.0292. The second kappa shape index (κ2) is 12.5. The van der Waals surface area contributed by atoms with Crippen molar-refractivity contribution in [3.63, 3.8) is 0 Å². The molecule has 4 rings (SSSR count). The summed E-state index contributed by atoms with van der Waals surface area (Å²) in [4.78, 5) is 34.7. The van der Waals surface area contributed by atoms with E-state index in [4.69, 9.17) is 14.5 Å². The SMILES string of the molecule is COC(=O)c1cc2[nH]c(O)c(C(=Nc3ccc(C(=O)COCCCN(C)C)cc3)c3ccccc3)c2cc1C. The molecular formula is C31H33N3O5. The fourth-order valence-corrected chi connectivity index (χ4v) is 4.35. The Morgan fingerprint density at radius 3 is 2.38 bits per heavy atom. The van der Waals surface area contributed by atoms with Gasteiger partial charge in [0.1, 0.15) is 6.61 Å². The normalized spacial score (nSPS) is 11.8. The molecule has 3 aromatic carbocycles. The number of ether oxygens (including phenoxy) is 2. The van der Waals surface area contributed by atoms with Crippen molar-refractivity contribution in [2.24, 2.45) is 4.99 Å². The van der Waals surface area contributed by atoms with Gasteiger partial charge in [0.25, 0.3) is 0 Å². The van der Waals surface area contributed by atoms with Crippen molar-refractivity contribution in [2.45, 2.75) is 13.3 Å². The van der Waals surface area contributed by atoms with Gasteiger partial charge >= 0.3 is 5.97 Å². The molecule has 8 heteroatoms. The Hall–Kier alpha value is -4.27. The van der Waals surface area contributed by atoms with Gasteiger partial charge in [0.2, 0.25) is 0 Å². The Labute approximate surface area is 227 Å². The van der Waals surface area contributed by atoms with Crippen molar-refractivity contribution in [3.05, 3.63) is 94.5 Å². The molecule has 0 spiro atoms. The van der Waals surface area contributed by atoms with E-state index in [-0.39, 0.29) is 18.3 Å². The number of ketones is 1. The number of nitrogens with one attached hydrogen (secondary N) is 1. The summed E-state index contributed by atoms with van der Waals surface area (Å²) < 4.78 is 10.4. The molecule has 0 unspecified atom stereocenters. The molecule has 2 N–H and O–H groups in total. The van der Waals surface area contributed by atoms with Gasteiger partial charge in [-0.2, -0.15) is 0 Å². The number of aryl methyl sites for hydroxylation is 1. The number of aliphatic imine (C=N–C) groups is 1. The van der Waals surface area contributed by atoms with Crippen molar-refractivity contribution in [2.75, 3.05) is 41.0 Å². The molecule has 0 saturated carbocycles. The van der Waals surface area contributed by atoms with Gasteiger partial charge < -0.3 is 24.5 Å². The molecule has 1 aromatic heterocycles. The summed E-state index contributed by atoms with van der Waals surface area (Å²) in [6.07, 6.45) is 0.862. The molecule has 39 heavy (non-hydrogen) atoms. The highest BCUT2D eigenvalue weighted by atomic mass is 16.5. The molecule has 0 radical (unpaired) electrons. The van der Waals surface area contributed by atoms with Gasteiger partial charge in [0.15, 0.2) is 11.7 Å². The number of benzene rings is 3. The van der Waals surface area contributed by atoms with Crippen molar-refractivity contribution in [3.8, 4) is 5.88 Å². The van der Waals surface area contributed by atoms with Gasteiger partial charge in [0.05, 0.1) is 29.6 Å². The van der Waals surface area contributed by atoms with Gasteiger partial charge in [-0.05, 0) is 75.9 Å². The first-order valence-corrected chi connectivity index (χ1v) is 12.7. The van der Waals surface area contributed by atoms with Gasteiger partial charge in [-0.25, -0.2) is 9.79 Å². The molecule has 0 aliphatic heterocycles. The van der Waals surface area contributed by atoms with Crippen LogP contribution in [0.4, 0.5) is 5.69 Å². The van der Waals surface area contributed by atoms with E-state index in [2.05, 4.69) is 9.88 Å². The van der Waals surface area contributed by atoms with Crippen LogP contribution in [0.2, 0.25) is 0 Å². The maximum Gasteiger partial charge on any atom is 0.338 e. The number of H-pyrrole nitrogens is 1. The maximum absolute atomic E-state index is 12.6. The van der Waals surface area contributed by atoms with Gasteiger partial charge in [-0.1, -0.05) is 30.3 Å². The average Bonchev–Trinajstić information content (AvgIpc) is 3.25. The molecule has 0 aliphatic rings. The molecular weight excluding hydrogens is 494 g/mol. The number of rotatable bonds is 11. The third-order valence-corrected chi connectivity index (χ3v) is 6.37. The lowest BCUT2D eigenvalue weighted by molar-refractivity contribution is 0.0599. The number of carbonyl (C=O) groups excluding carboxylic acids is 2. The number of esters is 1. The van der Waals surface area contributed by atoms with Crippen LogP contribution in [-0.4, -0.2) is 73.4 Å². The third-order valence-electron chi connectivity index (χ3n) is 6.37. The molecule has 0 atom stereocenters. The molecule has 4 aromatic rings. The summed E-state index contributed by atoms with van der Waals surface area (Å²) in [5.41, 5.74) is 4.75. The van der Waals surface area contributed by atoms with E-state index >= 15 is 0 Å². The zero-order valence-corrected chi connectivity index (χ0v) is 22.7. The summed E-state index contributed by atoms with van der Waals surface area (Å²) >= 11 is 0. The Balaban J connectivity index is 1.66. The lowest BCUT2D eigenvalue weighted by Gasteiger charge is -2.10. The van der Waals surface area contributed by atoms with Gasteiger partial charge in [-0.3, -0.25) is 4.79 Å². The predicted octanol–water partition coefficient (Wildman–Crippen LogP) is 5.29. The smallest absolute Gasteiger partial charge is 0.338 e. The molecule has 0 amide bonds. The Kier molecular flexibility index (Phi) is 8.91. The third kappa shape index (κ3) is 6.60. The first-order chi connectivity index (χ1) is 18.8. The fraction of sp³-hybridized carbons (Fsp3) is 0.258. The molecule has 0 bridgehead atoms. The van der Waals surface area contributed by atoms with Crippen LogP contribution in [0.3, 0.4) is 0 Å². The van der Waals surface area contributed by atoms with Crippen LogP contribution < -0.4 is 0 Å². The van der Waals surface area contributed by atoms with Crippen LogP contribution in [-0.2, 0) is 9.47 Å². The summed E-state index contributed by atoms with van der Waals surface area (Å²) in [6.45, 7) is 3.28. The summed E-state index contributed by atoms with van der Waals surface area (Å²) in [5, 5.41) is 11.7. The summed E-state index contributed by atoms with van der Waals surface area (Å²) in [5.74, 6) is -0.604. The molecule has 1 heterocycles. The standard InChI is InChI=1S/C31H33N3O5/c1-20-17-25-26(18-24(20)31(37)38-4)33-30(36)28(25)29(22-9-6-5-7-10-22)32-23-13-11-21(12-14-23)27(35)19-39-16-8-15-34(2)3/h5-7,9-14,17-18,33,36H,8,15-16,19H2,1-4H3. The number of hydrogen-bond donors (Lipinski definition) is 2. The highest BCUT2D eigenvalue weighted by molar-refractivity contribution is 6.22. The molecule has 0 fully saturated rings. The van der Waals surface area contributed by atoms with E-state index in [1.165, 1.54) is 7.11 Å². The van der Waals surface area contributed by atoms with Crippen LogP contribution in [0.15, 0.2) is 71.7 Å². The van der Waals surface area contributed by atoms with Crippen LogP contribution in [0.5, 0.6) is 5.88 Å². The number of fused-ring (bicyclic) bond motifs is 1. The Morgan fingerprint density at radius 2 is 1.72 bits per heavy atom. The molecule has 0 saturated heterocycles. The quantitative estimate of drug-likeness (QED) is 0.119. The number of nitrogens with zero attached hydrogens (tertiary/aromatic N) is 2. The number of aromatic hydroxyl groups is 1. The molecule has 202 valence electrons. The summed E-state index contributed by atoms with van der Waals surface area (Å²) in [6, 6.07) is 20.1. The van der Waals surface area contributed by atoms with Crippen LogP contribution in [0.25, 0.3) is 10.9 Å². The van der Waals surface area contributed by atoms with Crippen molar-refractivity contribution in [1.29, 1.82) is 0 Å². The van der Waals surface area contributed by atoms with Crippen LogP contribution >= 0.6 is 0 Å². The lowest BCUT2D eigenvalue weighted by Crippen LogP contribution is -2.16. The topological polar surface area (TPSA) is 104 Å². The van der Waals surface area contributed by atoms with Gasteiger partial charge in [0, 0.05) is 28.6 Å². The van der Waals surface area contributed by atoms with E-state index in [0.717, 1.165) is 23.9 Å². The van der Waals surface area contributed by atoms with E-state index in [1.807, 2.05) is 57.4 Å². The largest absolute Gasteiger partial charge is 0.494 e. The maximum atomic E-state index is 12.6. The van der Waals surface area contributed by atoms with E-state index in [1.54, 1.807) is 30.3 Å². The van der Waals surface area contributed by atoms with Crippen molar-refractivity contribution >= 4 is 34.1 Å². The number of aromatic nitrogens is 1. The highest BCUT2D eigenvalue weighted by Crippen LogP contribution is 2.33. The fourth-order valence-electron chi connectivity index (χ4n) is 4.35. The Morgan fingerprint density at radius 1 is 1.00 bits per heavy atom. The van der Waals surface area contributed by atoms with Gasteiger partial charge in [-0.15, -0.1) is 0 Å². The molecule has 8 nitrogen and oxygen atoms in total. The Bertz CT molecular complexity index is 1490. The van der Waals surface area contributed by atoms with Crippen LogP contribution in [0, 0.1) is 6.92 Å². The number of Topliss-reactive ketones (excluding diaryl/α,β-unsaturated/α-hetero) is 1. The zero-order chi connectivity index (χ0) is 27.9. The number of carbonyl (C=O) groups is 2. The average molecular weight is 528 g/mol. The van der Waals surface area contributed by atoms with E-state index in [9.17, 15) is 14.7 Å². The second-order valence-corrected chi connectivity index (χ2v) is 9.56. The lowest BCUT2D eigenvalue weighted by atomic mass is 9.98. The van der Waals surface area contributed by atoms with E-state index in [0.29, 0.717) is 45.8 Å². The van der Waals surface area contributed by atoms with Crippen molar-refractivity contribution < 1.29 is 24.2 Å². The number of hydrogen-bond acceptors (Lipinski definition) is 7. The van der Waals surface area contributed by atoms with E-state index < -0.39 is 5.97 Å². The van der Waals surface area contributed by atoms with Crippen LogP contribution in [0.1, 0.15) is 43.8 Å². The number of aromatic amines is 1. The van der Waals surface area contributed by atoms with Crippen molar-refractivity contribution in [1.82, 2.24) is 9.88 Å². The molecule has 0 aliphatic carbocycles. The predicted molar refractivity (Wildman–Crippen MR) is 153 cm³/mol. The highest BCUT2D eigenvalue weighted by Gasteiger charge is 2.21. The first kappa shape index (κ1) is 27.8. The summed E-state index contributed by atoms with van der Waals surface area (Å²) in [7, 11) is 5.34. The minimum atomic E-state index is -0.449. The zero-order valence-electron chi connectivity index (χ0n) is 22.7. The second-order valence-electron chi connectivity index (χ2n) is 9.56. The minimum Gasteiger partial charge on any atom is -0.494 e. The first-order valence-electron chi connectivity index (χ1n) is 12.7.